The van der Waals surface area contributed by atoms with Crippen molar-refractivity contribution in [2.24, 2.45) is 5.73 Å². The maximum absolute atomic E-state index is 12.7. The summed E-state index contributed by atoms with van der Waals surface area (Å²) >= 11 is 0. The van der Waals surface area contributed by atoms with Crippen LogP contribution in [0.5, 0.6) is 5.75 Å². The largest absolute Gasteiger partial charge is 0.410 e. The molecule has 33 heavy (non-hydrogen) atoms. The van der Waals surface area contributed by atoms with Crippen molar-refractivity contribution in [1.82, 2.24) is 4.90 Å². The highest BCUT2D eigenvalue weighted by molar-refractivity contribution is 6.05. The molecular formula is C26H33N3O4. The Labute approximate surface area is 195 Å². The zero-order valence-electron chi connectivity index (χ0n) is 19.7. The fraction of sp³-hybridized carbons (Fsp3) is 0.385. The third-order valence-electron chi connectivity index (χ3n) is 5.69. The van der Waals surface area contributed by atoms with Crippen molar-refractivity contribution in [2.45, 2.75) is 51.7 Å². The summed E-state index contributed by atoms with van der Waals surface area (Å²) in [5.41, 5.74) is 7.57. The van der Waals surface area contributed by atoms with E-state index in [2.05, 4.69) is 30.1 Å². The van der Waals surface area contributed by atoms with E-state index in [0.717, 1.165) is 24.9 Å². The Balaban J connectivity index is 1.67. The number of ether oxygens (including phenoxy) is 1. The van der Waals surface area contributed by atoms with Crippen molar-refractivity contribution in [3.05, 3.63) is 65.2 Å². The zero-order chi connectivity index (χ0) is 24.2. The summed E-state index contributed by atoms with van der Waals surface area (Å²) in [7, 11) is 0. The number of hydrogen-bond acceptors (Lipinski definition) is 5. The highest BCUT2D eigenvalue weighted by Gasteiger charge is 2.34. The van der Waals surface area contributed by atoms with Crippen LogP contribution in [0.15, 0.2) is 54.1 Å². The van der Waals surface area contributed by atoms with Gasteiger partial charge < -0.3 is 20.9 Å². The van der Waals surface area contributed by atoms with Crippen LogP contribution in [0.4, 0.5) is 10.5 Å². The lowest BCUT2D eigenvalue weighted by Crippen LogP contribution is -2.53. The van der Waals surface area contributed by atoms with Gasteiger partial charge >= 0.3 is 6.09 Å². The van der Waals surface area contributed by atoms with Gasteiger partial charge in [0.05, 0.1) is 11.3 Å². The minimum atomic E-state index is -0.942. The number of nitrogens with one attached hydrogen (secondary N) is 1. The van der Waals surface area contributed by atoms with Crippen molar-refractivity contribution in [3.8, 4) is 5.75 Å². The SMILES string of the molecule is CC(C)(O)CN1CCC(=Cc2ccc(C(=O)Nc3ccccc3OC(N)=O)cc2)CC1(C)C. The molecule has 2 amide bonds. The zero-order valence-corrected chi connectivity index (χ0v) is 19.7. The van der Waals surface area contributed by atoms with Crippen LogP contribution in [0.3, 0.4) is 0 Å². The number of aliphatic hydroxyl groups is 1. The van der Waals surface area contributed by atoms with Crippen LogP contribution in [0.25, 0.3) is 6.08 Å². The molecule has 1 aliphatic rings. The smallest absolute Gasteiger partial charge is 0.408 e. The lowest BCUT2D eigenvalue weighted by Gasteiger charge is -2.45. The first kappa shape index (κ1) is 24.5. The van der Waals surface area contributed by atoms with Gasteiger partial charge in [-0.3, -0.25) is 9.69 Å². The van der Waals surface area contributed by atoms with E-state index >= 15 is 0 Å². The molecule has 7 heteroatoms. The number of hydrogen-bond donors (Lipinski definition) is 3. The summed E-state index contributed by atoms with van der Waals surface area (Å²) in [6.45, 7) is 9.64. The van der Waals surface area contributed by atoms with E-state index in [9.17, 15) is 14.7 Å². The Bertz CT molecular complexity index is 1040. The van der Waals surface area contributed by atoms with Crippen LogP contribution in [-0.2, 0) is 0 Å². The van der Waals surface area contributed by atoms with E-state index in [-0.39, 0.29) is 17.2 Å². The first-order valence-electron chi connectivity index (χ1n) is 11.1. The fourth-order valence-corrected chi connectivity index (χ4v) is 4.15. The molecule has 0 saturated carbocycles. The second-order valence-corrected chi connectivity index (χ2v) is 9.77. The van der Waals surface area contributed by atoms with E-state index in [4.69, 9.17) is 10.5 Å². The quantitative estimate of drug-likeness (QED) is 0.603. The minimum absolute atomic E-state index is 0.0374. The van der Waals surface area contributed by atoms with Gasteiger partial charge in [-0.25, -0.2) is 4.79 Å². The summed E-state index contributed by atoms with van der Waals surface area (Å²) in [4.78, 5) is 26.1. The van der Waals surface area contributed by atoms with Gasteiger partial charge in [0.2, 0.25) is 0 Å². The number of benzene rings is 2. The average Bonchev–Trinajstić information content (AvgIpc) is 2.70. The molecule has 1 saturated heterocycles. The van der Waals surface area contributed by atoms with Crippen molar-refractivity contribution in [2.75, 3.05) is 18.4 Å². The molecule has 2 aromatic rings. The standard InChI is InChI=1S/C26H33N3O4/c1-25(2)16-19(13-14-29(25)17-26(3,4)32)15-18-9-11-20(12-10-18)23(30)28-21-7-5-6-8-22(21)33-24(27)31/h5-12,15,32H,13-14,16-17H2,1-4H3,(H2,27,31)(H,28,30). The van der Waals surface area contributed by atoms with Gasteiger partial charge in [0, 0.05) is 24.2 Å². The molecule has 0 atom stereocenters. The summed E-state index contributed by atoms with van der Waals surface area (Å²) in [6, 6.07) is 14.0. The molecule has 3 rings (SSSR count). The number of piperidine rings is 1. The van der Waals surface area contributed by atoms with Crippen molar-refractivity contribution in [1.29, 1.82) is 0 Å². The third-order valence-corrected chi connectivity index (χ3v) is 5.69. The lowest BCUT2D eigenvalue weighted by molar-refractivity contribution is -0.00836. The molecule has 1 heterocycles. The van der Waals surface area contributed by atoms with Gasteiger partial charge in [-0.15, -0.1) is 0 Å². The van der Waals surface area contributed by atoms with Gasteiger partial charge in [0.1, 0.15) is 0 Å². The number of carbonyl (C=O) groups is 2. The van der Waals surface area contributed by atoms with Crippen LogP contribution in [0, 0.1) is 0 Å². The number of anilines is 1. The Kier molecular flexibility index (Phi) is 7.25. The van der Waals surface area contributed by atoms with Crippen molar-refractivity contribution >= 4 is 23.8 Å². The molecule has 7 nitrogen and oxygen atoms in total. The van der Waals surface area contributed by atoms with Crippen LogP contribution in [0.1, 0.15) is 56.5 Å². The topological polar surface area (TPSA) is 105 Å². The number of amides is 2. The number of carbonyl (C=O) groups excluding carboxylic acids is 2. The molecule has 1 fully saturated rings. The van der Waals surface area contributed by atoms with Gasteiger partial charge in [0.25, 0.3) is 5.91 Å². The molecule has 0 bridgehead atoms. The molecule has 0 spiro atoms. The van der Waals surface area contributed by atoms with E-state index in [0.29, 0.717) is 17.8 Å². The van der Waals surface area contributed by atoms with E-state index in [1.54, 1.807) is 36.4 Å². The molecule has 0 aliphatic carbocycles. The van der Waals surface area contributed by atoms with Crippen LogP contribution in [-0.4, -0.2) is 46.2 Å². The number of rotatable bonds is 6. The molecular weight excluding hydrogens is 418 g/mol. The molecule has 0 aromatic heterocycles. The summed E-state index contributed by atoms with van der Waals surface area (Å²) in [5, 5.41) is 13.0. The van der Waals surface area contributed by atoms with Gasteiger partial charge in [0.15, 0.2) is 5.75 Å². The Hall–Kier alpha value is -3.16. The molecule has 0 radical (unpaired) electrons. The third kappa shape index (κ3) is 6.91. The predicted octanol–water partition coefficient (Wildman–Crippen LogP) is 4.43. The van der Waals surface area contributed by atoms with Gasteiger partial charge in [-0.2, -0.15) is 0 Å². The molecule has 0 unspecified atom stereocenters. The van der Waals surface area contributed by atoms with E-state index in [1.165, 1.54) is 5.57 Å². The average molecular weight is 452 g/mol. The minimum Gasteiger partial charge on any atom is -0.408 e. The highest BCUT2D eigenvalue weighted by atomic mass is 16.5. The van der Waals surface area contributed by atoms with Crippen molar-refractivity contribution < 1.29 is 19.4 Å². The predicted molar refractivity (Wildman–Crippen MR) is 130 cm³/mol. The van der Waals surface area contributed by atoms with Crippen molar-refractivity contribution in [3.63, 3.8) is 0 Å². The summed E-state index contributed by atoms with van der Waals surface area (Å²) < 4.78 is 4.94. The first-order chi connectivity index (χ1) is 15.4. The number of primary amides is 1. The molecule has 4 N–H and O–H groups in total. The molecule has 2 aromatic carbocycles. The number of β-amino-alcohol motifs (C(OH)–C–C–N with tert-alkyl or cyclic N) is 1. The fourth-order valence-electron chi connectivity index (χ4n) is 4.15. The molecule has 176 valence electrons. The van der Waals surface area contributed by atoms with E-state index < -0.39 is 11.7 Å². The Morgan fingerprint density at radius 3 is 2.45 bits per heavy atom. The Morgan fingerprint density at radius 1 is 1.18 bits per heavy atom. The lowest BCUT2D eigenvalue weighted by atomic mass is 9.85. The number of para-hydroxylation sites is 2. The molecule has 1 aliphatic heterocycles. The normalized spacial score (nSPS) is 17.5. The van der Waals surface area contributed by atoms with Crippen LogP contribution >= 0.6 is 0 Å². The Morgan fingerprint density at radius 2 is 1.85 bits per heavy atom. The second-order valence-electron chi connectivity index (χ2n) is 9.77. The monoisotopic (exact) mass is 451 g/mol. The highest BCUT2D eigenvalue weighted by Crippen LogP contribution is 2.33. The van der Waals surface area contributed by atoms with Gasteiger partial charge in [-0.05, 0) is 70.4 Å². The maximum atomic E-state index is 12.7. The van der Waals surface area contributed by atoms with Crippen LogP contribution < -0.4 is 15.8 Å². The number of nitrogens with zero attached hydrogens (tertiary/aromatic N) is 1. The maximum Gasteiger partial charge on any atom is 0.410 e. The number of likely N-dealkylation sites (tertiary alicyclic amines) is 1. The van der Waals surface area contributed by atoms with Gasteiger partial charge in [-0.1, -0.05) is 35.9 Å². The van der Waals surface area contributed by atoms with Crippen LogP contribution in [0.2, 0.25) is 0 Å². The summed E-state index contributed by atoms with van der Waals surface area (Å²) in [5.74, 6) is -0.117. The second kappa shape index (κ2) is 9.77. The summed E-state index contributed by atoms with van der Waals surface area (Å²) in [6.07, 6.45) is 3.10. The number of nitrogens with two attached hydrogens (primary N) is 1. The first-order valence-corrected chi connectivity index (χ1v) is 11.1. The van der Waals surface area contributed by atoms with E-state index in [1.807, 2.05) is 26.0 Å².